The first kappa shape index (κ1) is 19.0. The van der Waals surface area contributed by atoms with Gasteiger partial charge >= 0.3 is 0 Å². The predicted molar refractivity (Wildman–Crippen MR) is 110 cm³/mol. The van der Waals surface area contributed by atoms with Crippen molar-refractivity contribution in [3.05, 3.63) is 48.0 Å². The summed E-state index contributed by atoms with van der Waals surface area (Å²) in [6.07, 6.45) is 0.695. The fourth-order valence-electron chi connectivity index (χ4n) is 3.53. The van der Waals surface area contributed by atoms with Crippen molar-refractivity contribution >= 4 is 44.8 Å². The minimum Gasteiger partial charge on any atom is -0.324 e. The number of fused-ring (bicyclic) bond motifs is 2. The van der Waals surface area contributed by atoms with Gasteiger partial charge in [-0.05, 0) is 43.2 Å². The monoisotopic (exact) mass is 416 g/mol. The zero-order chi connectivity index (χ0) is 19.9. The van der Waals surface area contributed by atoms with Crippen molar-refractivity contribution in [2.45, 2.75) is 34.8 Å². The Morgan fingerprint density at radius 2 is 2.04 bits per heavy atom. The fraction of sp³-hybridized carbons (Fsp3) is 0.300. The number of hydrogen-bond donors (Lipinski definition) is 1. The third-order valence-corrected chi connectivity index (χ3v) is 8.30. The summed E-state index contributed by atoms with van der Waals surface area (Å²) in [6.45, 7) is 2.13. The first-order valence-electron chi connectivity index (χ1n) is 9.05. The molecular weight excluding hydrogens is 396 g/mol. The maximum absolute atomic E-state index is 13.0. The Morgan fingerprint density at radius 1 is 1.25 bits per heavy atom. The summed E-state index contributed by atoms with van der Waals surface area (Å²) in [5.41, 5.74) is 2.48. The number of nitrogens with zero attached hydrogens (tertiary/aromatic N) is 1. The summed E-state index contributed by atoms with van der Waals surface area (Å²) in [7, 11) is -3.70. The molecule has 0 saturated heterocycles. The van der Waals surface area contributed by atoms with Crippen LogP contribution in [0, 0.1) is 0 Å². The van der Waals surface area contributed by atoms with E-state index in [4.69, 9.17) is 0 Å². The summed E-state index contributed by atoms with van der Waals surface area (Å²) in [6, 6.07) is 12.4. The van der Waals surface area contributed by atoms with Gasteiger partial charge < -0.3 is 10.2 Å². The molecule has 4 rings (SSSR count). The number of hydrogen-bond acceptors (Lipinski definition) is 5. The third kappa shape index (κ3) is 3.42. The summed E-state index contributed by atoms with van der Waals surface area (Å²) >= 11 is 1.38. The van der Waals surface area contributed by atoms with Crippen LogP contribution < -0.4 is 10.2 Å². The van der Waals surface area contributed by atoms with Gasteiger partial charge in [-0.3, -0.25) is 9.59 Å². The standard InChI is InChI=1S/C20H20N2O4S2/c1-13(10-20(24)22-9-8-14-4-2-3-5-17(14)22)28(25,26)15-6-7-18-16(11-15)21-19(23)12-27-18/h2-7,11,13H,8-10,12H2,1H3,(H,21,23)/t13-/m0/s1. The maximum Gasteiger partial charge on any atom is 0.234 e. The molecule has 0 unspecified atom stereocenters. The zero-order valence-electron chi connectivity index (χ0n) is 15.3. The minimum atomic E-state index is -3.70. The average molecular weight is 417 g/mol. The van der Waals surface area contributed by atoms with Crippen LogP contribution in [0.1, 0.15) is 18.9 Å². The average Bonchev–Trinajstić information content (AvgIpc) is 3.11. The van der Waals surface area contributed by atoms with E-state index in [9.17, 15) is 18.0 Å². The number of amides is 2. The van der Waals surface area contributed by atoms with Crippen molar-refractivity contribution in [3.8, 4) is 0 Å². The second-order valence-electron chi connectivity index (χ2n) is 6.98. The molecule has 0 radical (unpaired) electrons. The third-order valence-electron chi connectivity index (χ3n) is 5.09. The second-order valence-corrected chi connectivity index (χ2v) is 10.4. The molecule has 2 amide bonds. The highest BCUT2D eigenvalue weighted by Crippen LogP contribution is 2.34. The molecule has 0 saturated carbocycles. The first-order chi connectivity index (χ1) is 13.4. The van der Waals surface area contributed by atoms with Crippen molar-refractivity contribution in [2.24, 2.45) is 0 Å². The Kier molecular flexibility index (Phi) is 4.93. The minimum absolute atomic E-state index is 0.0884. The van der Waals surface area contributed by atoms with Crippen LogP contribution in [0.3, 0.4) is 0 Å². The molecule has 2 aromatic carbocycles. The lowest BCUT2D eigenvalue weighted by atomic mass is 10.2. The molecule has 0 spiro atoms. The molecule has 2 heterocycles. The van der Waals surface area contributed by atoms with E-state index in [0.717, 1.165) is 22.6 Å². The van der Waals surface area contributed by atoms with Crippen molar-refractivity contribution in [2.75, 3.05) is 22.5 Å². The molecule has 146 valence electrons. The Balaban J connectivity index is 1.53. The van der Waals surface area contributed by atoms with Gasteiger partial charge in [-0.2, -0.15) is 0 Å². The molecule has 0 fully saturated rings. The van der Waals surface area contributed by atoms with Crippen molar-refractivity contribution in [1.82, 2.24) is 0 Å². The van der Waals surface area contributed by atoms with Gasteiger partial charge in [0.25, 0.3) is 0 Å². The van der Waals surface area contributed by atoms with Crippen LogP contribution in [0.5, 0.6) is 0 Å². The maximum atomic E-state index is 13.0. The van der Waals surface area contributed by atoms with E-state index < -0.39 is 15.1 Å². The molecule has 6 nitrogen and oxygen atoms in total. The van der Waals surface area contributed by atoms with E-state index in [1.165, 1.54) is 17.8 Å². The number of carbonyl (C=O) groups is 2. The molecule has 2 aliphatic rings. The Morgan fingerprint density at radius 3 is 2.86 bits per heavy atom. The van der Waals surface area contributed by atoms with Gasteiger partial charge in [0.15, 0.2) is 9.84 Å². The molecule has 1 N–H and O–H groups in total. The van der Waals surface area contributed by atoms with E-state index in [-0.39, 0.29) is 23.1 Å². The van der Waals surface area contributed by atoms with Crippen LogP contribution in [-0.4, -0.2) is 37.8 Å². The van der Waals surface area contributed by atoms with Crippen LogP contribution in [0.25, 0.3) is 0 Å². The highest BCUT2D eigenvalue weighted by Gasteiger charge is 2.31. The van der Waals surface area contributed by atoms with Gasteiger partial charge in [0.1, 0.15) is 0 Å². The molecule has 0 aromatic heterocycles. The SMILES string of the molecule is C[C@@H](CC(=O)N1CCc2ccccc21)S(=O)(=O)c1ccc2c(c1)NC(=O)CS2. The van der Waals surface area contributed by atoms with Crippen molar-refractivity contribution in [1.29, 1.82) is 0 Å². The normalized spacial score (nSPS) is 16.9. The number of thioether (sulfide) groups is 1. The molecule has 0 aliphatic carbocycles. The number of benzene rings is 2. The summed E-state index contributed by atoms with van der Waals surface area (Å²) < 4.78 is 26.0. The highest BCUT2D eigenvalue weighted by molar-refractivity contribution is 8.00. The van der Waals surface area contributed by atoms with E-state index in [2.05, 4.69) is 5.32 Å². The topological polar surface area (TPSA) is 83.6 Å². The number of carbonyl (C=O) groups excluding carboxylic acids is 2. The lowest BCUT2D eigenvalue weighted by Crippen LogP contribution is -2.33. The fourth-order valence-corrected chi connectivity index (χ4v) is 5.69. The van der Waals surface area contributed by atoms with Gasteiger partial charge in [-0.15, -0.1) is 11.8 Å². The zero-order valence-corrected chi connectivity index (χ0v) is 17.0. The molecule has 28 heavy (non-hydrogen) atoms. The van der Waals surface area contributed by atoms with E-state index in [1.807, 2.05) is 24.3 Å². The van der Waals surface area contributed by atoms with Gasteiger partial charge in [-0.1, -0.05) is 18.2 Å². The van der Waals surface area contributed by atoms with Crippen LogP contribution in [0.15, 0.2) is 52.3 Å². The van der Waals surface area contributed by atoms with Crippen LogP contribution >= 0.6 is 11.8 Å². The number of nitrogens with one attached hydrogen (secondary N) is 1. The van der Waals surface area contributed by atoms with Crippen LogP contribution in [0.2, 0.25) is 0 Å². The van der Waals surface area contributed by atoms with Crippen LogP contribution in [0.4, 0.5) is 11.4 Å². The lowest BCUT2D eigenvalue weighted by molar-refractivity contribution is -0.118. The summed E-state index contributed by atoms with van der Waals surface area (Å²) in [4.78, 5) is 27.0. The van der Waals surface area contributed by atoms with Crippen LogP contribution in [-0.2, 0) is 25.8 Å². The molecule has 8 heteroatoms. The smallest absolute Gasteiger partial charge is 0.234 e. The molecule has 0 bridgehead atoms. The Labute approximate surface area is 168 Å². The number of rotatable bonds is 4. The largest absolute Gasteiger partial charge is 0.324 e. The lowest BCUT2D eigenvalue weighted by Gasteiger charge is -2.21. The number of para-hydroxylation sites is 1. The summed E-state index contributed by atoms with van der Waals surface area (Å²) in [5, 5.41) is 1.85. The first-order valence-corrected chi connectivity index (χ1v) is 11.6. The number of sulfone groups is 1. The van der Waals surface area contributed by atoms with E-state index in [0.29, 0.717) is 18.0 Å². The van der Waals surface area contributed by atoms with Gasteiger partial charge in [0.05, 0.1) is 21.6 Å². The Hall–Kier alpha value is -2.32. The van der Waals surface area contributed by atoms with E-state index >= 15 is 0 Å². The second kappa shape index (κ2) is 7.25. The molecule has 2 aromatic rings. The van der Waals surface area contributed by atoms with Gasteiger partial charge in [0, 0.05) is 23.5 Å². The molecular formula is C20H20N2O4S2. The quantitative estimate of drug-likeness (QED) is 0.829. The van der Waals surface area contributed by atoms with E-state index in [1.54, 1.807) is 24.0 Å². The number of anilines is 2. The molecule has 2 aliphatic heterocycles. The summed E-state index contributed by atoms with van der Waals surface area (Å²) in [5.74, 6) is -0.0211. The van der Waals surface area contributed by atoms with Gasteiger partial charge in [0.2, 0.25) is 11.8 Å². The predicted octanol–water partition coefficient (Wildman–Crippen LogP) is 2.87. The highest BCUT2D eigenvalue weighted by atomic mass is 32.2. The Bertz CT molecular complexity index is 1070. The molecule has 1 atom stereocenters. The van der Waals surface area contributed by atoms with Crippen molar-refractivity contribution < 1.29 is 18.0 Å². The van der Waals surface area contributed by atoms with Gasteiger partial charge in [-0.25, -0.2) is 8.42 Å². The van der Waals surface area contributed by atoms with Crippen molar-refractivity contribution in [3.63, 3.8) is 0 Å².